The summed E-state index contributed by atoms with van der Waals surface area (Å²) in [5, 5.41) is 9.24. The molecule has 0 bridgehead atoms. The molecule has 0 unspecified atom stereocenters. The maximum absolute atomic E-state index is 11.9. The van der Waals surface area contributed by atoms with E-state index in [0.29, 0.717) is 18.5 Å². The maximum atomic E-state index is 11.9. The largest absolute Gasteiger partial charge is 0.352 e. The Balaban J connectivity index is 0.00000264. The average molecular weight is 431 g/mol. The summed E-state index contributed by atoms with van der Waals surface area (Å²) in [5.41, 5.74) is 0.928. The number of rotatable bonds is 5. The summed E-state index contributed by atoms with van der Waals surface area (Å²) in [5.74, 6) is 0.622. The zero-order chi connectivity index (χ0) is 15.6. The molecule has 1 heterocycles. The first kappa shape index (κ1) is 19.7. The van der Waals surface area contributed by atoms with Gasteiger partial charge in [-0.2, -0.15) is 0 Å². The lowest BCUT2D eigenvalue weighted by molar-refractivity contribution is -0.120. The van der Waals surface area contributed by atoms with Gasteiger partial charge in [-0.1, -0.05) is 25.3 Å². The van der Waals surface area contributed by atoms with Crippen LogP contribution in [0.25, 0.3) is 0 Å². The Labute approximate surface area is 155 Å². The van der Waals surface area contributed by atoms with Crippen molar-refractivity contribution in [3.63, 3.8) is 0 Å². The van der Waals surface area contributed by atoms with Crippen molar-refractivity contribution in [3.8, 4) is 0 Å². The highest BCUT2D eigenvalue weighted by Gasteiger charge is 2.15. The van der Waals surface area contributed by atoms with Gasteiger partial charge in [0.15, 0.2) is 5.96 Å². The molecule has 128 valence electrons. The minimum Gasteiger partial charge on any atom is -0.352 e. The monoisotopic (exact) mass is 431 g/mol. The highest BCUT2D eigenvalue weighted by atomic mass is 127. The van der Waals surface area contributed by atoms with Crippen molar-refractivity contribution >= 4 is 35.8 Å². The number of aromatic nitrogens is 1. The molecule has 1 fully saturated rings. The number of carbonyl (C=O) groups excluding carboxylic acids is 1. The molecule has 7 heteroatoms. The quantitative estimate of drug-likeness (QED) is 0.378. The van der Waals surface area contributed by atoms with Crippen LogP contribution in [0.1, 0.15) is 37.8 Å². The fourth-order valence-corrected chi connectivity index (χ4v) is 2.59. The minimum atomic E-state index is 0. The molecule has 0 atom stereocenters. The van der Waals surface area contributed by atoms with Gasteiger partial charge >= 0.3 is 0 Å². The van der Waals surface area contributed by atoms with E-state index in [1.807, 2.05) is 18.2 Å². The molecule has 1 aliphatic rings. The van der Waals surface area contributed by atoms with Crippen LogP contribution in [-0.2, 0) is 11.3 Å². The lowest BCUT2D eigenvalue weighted by Gasteiger charge is -2.23. The van der Waals surface area contributed by atoms with Gasteiger partial charge in [0, 0.05) is 19.3 Å². The molecule has 3 N–H and O–H groups in total. The molecule has 1 amide bonds. The molecule has 2 rings (SSSR count). The first-order chi connectivity index (χ1) is 10.8. The van der Waals surface area contributed by atoms with Crippen LogP contribution in [0.4, 0.5) is 0 Å². The SMILES string of the molecule is CN=C(NCC(=O)NC1CCCCC1)NCc1ccccn1.I. The van der Waals surface area contributed by atoms with Gasteiger partial charge in [0.25, 0.3) is 0 Å². The molecule has 1 aromatic rings. The number of nitrogens with zero attached hydrogens (tertiary/aromatic N) is 2. The Bertz CT molecular complexity index is 489. The Kier molecular flexibility index (Phi) is 9.58. The predicted molar refractivity (Wildman–Crippen MR) is 103 cm³/mol. The van der Waals surface area contributed by atoms with Crippen LogP contribution >= 0.6 is 24.0 Å². The van der Waals surface area contributed by atoms with Crippen LogP contribution in [0, 0.1) is 0 Å². The molecular weight excluding hydrogens is 405 g/mol. The first-order valence-corrected chi connectivity index (χ1v) is 7.91. The third-order valence-electron chi connectivity index (χ3n) is 3.77. The Morgan fingerprint density at radius 1 is 1.26 bits per heavy atom. The topological polar surface area (TPSA) is 78.4 Å². The van der Waals surface area contributed by atoms with E-state index in [9.17, 15) is 4.79 Å². The van der Waals surface area contributed by atoms with Crippen molar-refractivity contribution in [1.29, 1.82) is 0 Å². The summed E-state index contributed by atoms with van der Waals surface area (Å²) >= 11 is 0. The van der Waals surface area contributed by atoms with Crippen LogP contribution in [0.5, 0.6) is 0 Å². The highest BCUT2D eigenvalue weighted by molar-refractivity contribution is 14.0. The second kappa shape index (κ2) is 11.2. The standard InChI is InChI=1S/C16H25N5O.HI/c1-17-16(19-11-14-9-5-6-10-18-14)20-12-15(22)21-13-7-3-2-4-8-13;/h5-6,9-10,13H,2-4,7-8,11-12H2,1H3,(H,21,22)(H2,17,19,20);1H. The van der Waals surface area contributed by atoms with Crippen molar-refractivity contribution in [1.82, 2.24) is 20.9 Å². The predicted octanol–water partition coefficient (Wildman–Crippen LogP) is 1.81. The lowest BCUT2D eigenvalue weighted by atomic mass is 9.95. The Morgan fingerprint density at radius 3 is 2.70 bits per heavy atom. The molecule has 0 saturated heterocycles. The summed E-state index contributed by atoms with van der Waals surface area (Å²) in [6.07, 6.45) is 7.66. The van der Waals surface area contributed by atoms with Gasteiger partial charge in [-0.15, -0.1) is 24.0 Å². The van der Waals surface area contributed by atoms with E-state index in [0.717, 1.165) is 18.5 Å². The van der Waals surface area contributed by atoms with Crippen LogP contribution in [0.3, 0.4) is 0 Å². The van der Waals surface area contributed by atoms with Crippen LogP contribution in [-0.4, -0.2) is 36.5 Å². The van der Waals surface area contributed by atoms with Crippen molar-refractivity contribution < 1.29 is 4.79 Å². The van der Waals surface area contributed by atoms with E-state index < -0.39 is 0 Å². The van der Waals surface area contributed by atoms with E-state index in [4.69, 9.17) is 0 Å². The van der Waals surface area contributed by atoms with E-state index in [-0.39, 0.29) is 36.4 Å². The van der Waals surface area contributed by atoms with Crippen molar-refractivity contribution in [2.45, 2.75) is 44.7 Å². The van der Waals surface area contributed by atoms with Gasteiger partial charge < -0.3 is 16.0 Å². The third-order valence-corrected chi connectivity index (χ3v) is 3.77. The Hall–Kier alpha value is -1.38. The summed E-state index contributed by atoms with van der Waals surface area (Å²) in [6, 6.07) is 6.10. The van der Waals surface area contributed by atoms with Crippen LogP contribution in [0.2, 0.25) is 0 Å². The zero-order valence-corrected chi connectivity index (χ0v) is 15.9. The number of carbonyl (C=O) groups is 1. The lowest BCUT2D eigenvalue weighted by Crippen LogP contribution is -2.45. The van der Waals surface area contributed by atoms with Gasteiger partial charge in [-0.3, -0.25) is 14.8 Å². The van der Waals surface area contributed by atoms with E-state index in [1.54, 1.807) is 13.2 Å². The molecule has 1 aliphatic carbocycles. The second-order valence-electron chi connectivity index (χ2n) is 5.50. The molecule has 0 aromatic carbocycles. The molecule has 6 nitrogen and oxygen atoms in total. The molecule has 1 aromatic heterocycles. The zero-order valence-electron chi connectivity index (χ0n) is 13.5. The van der Waals surface area contributed by atoms with Crippen molar-refractivity contribution in [2.75, 3.05) is 13.6 Å². The third kappa shape index (κ3) is 7.62. The van der Waals surface area contributed by atoms with Crippen LogP contribution in [0.15, 0.2) is 29.4 Å². The summed E-state index contributed by atoms with van der Waals surface area (Å²) in [4.78, 5) is 20.3. The average Bonchev–Trinajstić information content (AvgIpc) is 2.57. The molecule has 0 spiro atoms. The number of pyridine rings is 1. The molecule has 23 heavy (non-hydrogen) atoms. The number of hydrogen-bond acceptors (Lipinski definition) is 3. The summed E-state index contributed by atoms with van der Waals surface area (Å²) < 4.78 is 0. The number of halogens is 1. The number of nitrogens with one attached hydrogen (secondary N) is 3. The number of amides is 1. The molecule has 1 saturated carbocycles. The van der Waals surface area contributed by atoms with E-state index in [2.05, 4.69) is 25.9 Å². The van der Waals surface area contributed by atoms with E-state index >= 15 is 0 Å². The fourth-order valence-electron chi connectivity index (χ4n) is 2.59. The summed E-state index contributed by atoms with van der Waals surface area (Å²) in [6.45, 7) is 0.809. The van der Waals surface area contributed by atoms with Crippen molar-refractivity contribution in [2.24, 2.45) is 4.99 Å². The number of guanidine groups is 1. The second-order valence-corrected chi connectivity index (χ2v) is 5.50. The van der Waals surface area contributed by atoms with Gasteiger partial charge in [-0.25, -0.2) is 0 Å². The molecular formula is C16H26IN5O. The van der Waals surface area contributed by atoms with Gasteiger partial charge in [-0.05, 0) is 25.0 Å². The summed E-state index contributed by atoms with van der Waals surface area (Å²) in [7, 11) is 1.69. The van der Waals surface area contributed by atoms with Gasteiger partial charge in [0.2, 0.25) is 5.91 Å². The van der Waals surface area contributed by atoms with Gasteiger partial charge in [0.05, 0.1) is 18.8 Å². The highest BCUT2D eigenvalue weighted by Crippen LogP contribution is 2.16. The van der Waals surface area contributed by atoms with E-state index in [1.165, 1.54) is 19.3 Å². The smallest absolute Gasteiger partial charge is 0.239 e. The molecule has 0 aliphatic heterocycles. The molecule has 0 radical (unpaired) electrons. The van der Waals surface area contributed by atoms with Crippen molar-refractivity contribution in [3.05, 3.63) is 30.1 Å². The van der Waals surface area contributed by atoms with Gasteiger partial charge in [0.1, 0.15) is 0 Å². The normalized spacial score (nSPS) is 15.4. The first-order valence-electron chi connectivity index (χ1n) is 7.91. The minimum absolute atomic E-state index is 0. The Morgan fingerprint density at radius 2 is 2.04 bits per heavy atom. The number of aliphatic imine (C=N–C) groups is 1. The van der Waals surface area contributed by atoms with Crippen LogP contribution < -0.4 is 16.0 Å². The maximum Gasteiger partial charge on any atom is 0.239 e. The fraction of sp³-hybridized carbons (Fsp3) is 0.562. The number of hydrogen-bond donors (Lipinski definition) is 3.